The fraction of sp³-hybridized carbons (Fsp3) is 0.562. The normalized spacial score (nSPS) is 16.6. The van der Waals surface area contributed by atoms with Gasteiger partial charge in [0.25, 0.3) is 0 Å². The van der Waals surface area contributed by atoms with Crippen LogP contribution in [0.4, 0.5) is 0 Å². The molecule has 0 bridgehead atoms. The Labute approximate surface area is 116 Å². The lowest BCUT2D eigenvalue weighted by Gasteiger charge is -2.32. The van der Waals surface area contributed by atoms with Crippen molar-refractivity contribution in [2.24, 2.45) is 5.92 Å². The van der Waals surface area contributed by atoms with Crippen LogP contribution in [0.5, 0.6) is 0 Å². The van der Waals surface area contributed by atoms with Gasteiger partial charge in [-0.25, -0.2) is 0 Å². The summed E-state index contributed by atoms with van der Waals surface area (Å²) >= 11 is 0. The Morgan fingerprint density at radius 3 is 2.74 bits per heavy atom. The Bertz CT molecular complexity index is 423. The van der Waals surface area contributed by atoms with Crippen molar-refractivity contribution in [1.29, 1.82) is 0 Å². The van der Waals surface area contributed by atoms with Crippen LogP contribution in [-0.4, -0.2) is 37.5 Å². The molecule has 3 nitrogen and oxygen atoms in total. The summed E-state index contributed by atoms with van der Waals surface area (Å²) in [6, 6.07) is 8.23. The second kappa shape index (κ2) is 6.71. The second-order valence-electron chi connectivity index (χ2n) is 5.55. The van der Waals surface area contributed by atoms with E-state index in [1.165, 1.54) is 5.56 Å². The minimum atomic E-state index is 0.272. The molecule has 3 heteroatoms. The summed E-state index contributed by atoms with van der Waals surface area (Å²) in [6.07, 6.45) is 2.79. The predicted molar refractivity (Wildman–Crippen MR) is 78.1 cm³/mol. The zero-order chi connectivity index (χ0) is 13.7. The van der Waals surface area contributed by atoms with E-state index in [0.717, 1.165) is 44.0 Å². The topological polar surface area (TPSA) is 32.3 Å². The number of hydrogen-bond acceptors (Lipinski definition) is 2. The number of nitrogens with zero attached hydrogens (tertiary/aromatic N) is 1. The Morgan fingerprint density at radius 2 is 2.11 bits per heavy atom. The Balaban J connectivity index is 1.84. The van der Waals surface area contributed by atoms with Crippen LogP contribution in [0.25, 0.3) is 0 Å². The SMILES string of the molecule is CNCC1CCN(C(=O)Cc2cccc(C)c2)CC1. The zero-order valence-electron chi connectivity index (χ0n) is 12.0. The van der Waals surface area contributed by atoms with Crippen LogP contribution >= 0.6 is 0 Å². The first kappa shape index (κ1) is 14.1. The first-order chi connectivity index (χ1) is 9.19. The van der Waals surface area contributed by atoms with E-state index in [1.807, 2.05) is 24.1 Å². The number of likely N-dealkylation sites (tertiary alicyclic amines) is 1. The number of rotatable bonds is 4. The van der Waals surface area contributed by atoms with Crippen LogP contribution in [0.2, 0.25) is 0 Å². The zero-order valence-corrected chi connectivity index (χ0v) is 12.0. The van der Waals surface area contributed by atoms with E-state index in [4.69, 9.17) is 0 Å². The third kappa shape index (κ3) is 4.06. The molecule has 0 saturated carbocycles. The van der Waals surface area contributed by atoms with E-state index in [-0.39, 0.29) is 5.91 Å². The molecule has 1 amide bonds. The molecule has 0 aliphatic carbocycles. The molecule has 1 fully saturated rings. The maximum atomic E-state index is 12.3. The largest absolute Gasteiger partial charge is 0.342 e. The molecular weight excluding hydrogens is 236 g/mol. The molecule has 2 rings (SSSR count). The number of amides is 1. The maximum Gasteiger partial charge on any atom is 0.226 e. The smallest absolute Gasteiger partial charge is 0.226 e. The van der Waals surface area contributed by atoms with Gasteiger partial charge in [0, 0.05) is 13.1 Å². The summed E-state index contributed by atoms with van der Waals surface area (Å²) < 4.78 is 0. The molecule has 19 heavy (non-hydrogen) atoms. The van der Waals surface area contributed by atoms with Crippen molar-refractivity contribution in [2.45, 2.75) is 26.2 Å². The monoisotopic (exact) mass is 260 g/mol. The summed E-state index contributed by atoms with van der Waals surface area (Å²) in [5.74, 6) is 1.00. The van der Waals surface area contributed by atoms with E-state index in [9.17, 15) is 4.79 Å². The predicted octanol–water partition coefficient (Wildman–Crippen LogP) is 2.00. The summed E-state index contributed by atoms with van der Waals surface area (Å²) in [6.45, 7) is 4.96. The molecule has 104 valence electrons. The van der Waals surface area contributed by atoms with Crippen LogP contribution in [0.3, 0.4) is 0 Å². The minimum Gasteiger partial charge on any atom is -0.342 e. The van der Waals surface area contributed by atoms with Crippen molar-refractivity contribution in [2.75, 3.05) is 26.7 Å². The summed E-state index contributed by atoms with van der Waals surface area (Å²) in [5.41, 5.74) is 2.35. The molecule has 1 N–H and O–H groups in total. The third-order valence-corrected chi connectivity index (χ3v) is 3.90. The van der Waals surface area contributed by atoms with Gasteiger partial charge >= 0.3 is 0 Å². The van der Waals surface area contributed by atoms with Gasteiger partial charge in [-0.2, -0.15) is 0 Å². The molecule has 1 aromatic rings. The quantitative estimate of drug-likeness (QED) is 0.898. The van der Waals surface area contributed by atoms with Crippen molar-refractivity contribution in [3.8, 4) is 0 Å². The van der Waals surface area contributed by atoms with Gasteiger partial charge < -0.3 is 10.2 Å². The fourth-order valence-electron chi connectivity index (χ4n) is 2.78. The average molecular weight is 260 g/mol. The van der Waals surface area contributed by atoms with Gasteiger partial charge in [-0.05, 0) is 44.8 Å². The van der Waals surface area contributed by atoms with Crippen LogP contribution < -0.4 is 5.32 Å². The van der Waals surface area contributed by atoms with Crippen LogP contribution in [0.15, 0.2) is 24.3 Å². The summed E-state index contributed by atoms with van der Waals surface area (Å²) in [4.78, 5) is 14.3. The van der Waals surface area contributed by atoms with Crippen LogP contribution in [-0.2, 0) is 11.2 Å². The van der Waals surface area contributed by atoms with Gasteiger partial charge in [0.2, 0.25) is 5.91 Å². The van der Waals surface area contributed by atoms with Gasteiger partial charge in [-0.3, -0.25) is 4.79 Å². The molecule has 1 aliphatic heterocycles. The lowest BCUT2D eigenvalue weighted by atomic mass is 9.96. The molecular formula is C16H24N2O. The van der Waals surface area contributed by atoms with Gasteiger partial charge in [0.1, 0.15) is 0 Å². The lowest BCUT2D eigenvalue weighted by Crippen LogP contribution is -2.41. The van der Waals surface area contributed by atoms with Crippen LogP contribution in [0, 0.1) is 12.8 Å². The number of carbonyl (C=O) groups is 1. The average Bonchev–Trinajstić information content (AvgIpc) is 2.40. The van der Waals surface area contributed by atoms with Gasteiger partial charge in [0.15, 0.2) is 0 Å². The highest BCUT2D eigenvalue weighted by Gasteiger charge is 2.22. The molecule has 0 unspecified atom stereocenters. The Morgan fingerprint density at radius 1 is 1.37 bits per heavy atom. The fourth-order valence-corrected chi connectivity index (χ4v) is 2.78. The van der Waals surface area contributed by atoms with Gasteiger partial charge in [-0.1, -0.05) is 29.8 Å². The lowest BCUT2D eigenvalue weighted by molar-refractivity contribution is -0.131. The molecule has 0 aromatic heterocycles. The molecule has 1 heterocycles. The third-order valence-electron chi connectivity index (χ3n) is 3.90. The van der Waals surface area contributed by atoms with Crippen molar-refractivity contribution in [3.63, 3.8) is 0 Å². The van der Waals surface area contributed by atoms with Gasteiger partial charge in [0.05, 0.1) is 6.42 Å². The van der Waals surface area contributed by atoms with E-state index < -0.39 is 0 Å². The molecule has 1 saturated heterocycles. The number of piperidine rings is 1. The maximum absolute atomic E-state index is 12.3. The Kier molecular flexibility index (Phi) is 4.97. The Hall–Kier alpha value is -1.35. The number of benzene rings is 1. The van der Waals surface area contributed by atoms with Gasteiger partial charge in [-0.15, -0.1) is 0 Å². The van der Waals surface area contributed by atoms with Crippen LogP contribution in [0.1, 0.15) is 24.0 Å². The first-order valence-electron chi connectivity index (χ1n) is 7.17. The molecule has 1 aromatic carbocycles. The van der Waals surface area contributed by atoms with Crippen molar-refractivity contribution in [1.82, 2.24) is 10.2 Å². The molecule has 0 radical (unpaired) electrons. The summed E-state index contributed by atoms with van der Waals surface area (Å²) in [5, 5.41) is 3.22. The molecule has 0 atom stereocenters. The number of carbonyl (C=O) groups excluding carboxylic acids is 1. The highest BCUT2D eigenvalue weighted by Crippen LogP contribution is 2.17. The molecule has 1 aliphatic rings. The van der Waals surface area contributed by atoms with E-state index in [1.54, 1.807) is 0 Å². The first-order valence-corrected chi connectivity index (χ1v) is 7.17. The minimum absolute atomic E-state index is 0.272. The van der Waals surface area contributed by atoms with E-state index in [0.29, 0.717) is 6.42 Å². The van der Waals surface area contributed by atoms with Crippen molar-refractivity contribution in [3.05, 3.63) is 35.4 Å². The molecule has 0 spiro atoms. The van der Waals surface area contributed by atoms with Crippen molar-refractivity contribution < 1.29 is 4.79 Å². The van der Waals surface area contributed by atoms with E-state index in [2.05, 4.69) is 24.4 Å². The van der Waals surface area contributed by atoms with Crippen molar-refractivity contribution >= 4 is 5.91 Å². The number of hydrogen-bond donors (Lipinski definition) is 1. The summed E-state index contributed by atoms with van der Waals surface area (Å²) in [7, 11) is 2.00. The second-order valence-corrected chi connectivity index (χ2v) is 5.55. The standard InChI is InChI=1S/C16H24N2O/c1-13-4-3-5-15(10-13)11-16(19)18-8-6-14(7-9-18)12-17-2/h3-5,10,14,17H,6-9,11-12H2,1-2H3. The highest BCUT2D eigenvalue weighted by atomic mass is 16.2. The highest BCUT2D eigenvalue weighted by molar-refractivity contribution is 5.78. The number of aryl methyl sites for hydroxylation is 1. The van der Waals surface area contributed by atoms with E-state index >= 15 is 0 Å². The number of nitrogens with one attached hydrogen (secondary N) is 1.